The fourth-order valence-electron chi connectivity index (χ4n) is 4.90. The van der Waals surface area contributed by atoms with E-state index >= 15 is 0 Å². The summed E-state index contributed by atoms with van der Waals surface area (Å²) < 4.78 is 27.8. The second-order valence-electron chi connectivity index (χ2n) is 16.6. The Balaban J connectivity index is 1.93. The second kappa shape index (κ2) is 13.6. The molecule has 3 rings (SSSR count). The van der Waals surface area contributed by atoms with E-state index < -0.39 is 45.0 Å². The van der Waals surface area contributed by atoms with Crippen molar-refractivity contribution >= 4 is 28.1 Å². The highest BCUT2D eigenvalue weighted by Crippen LogP contribution is 2.43. The van der Waals surface area contributed by atoms with E-state index in [1.165, 1.54) is 10.6 Å². The number of anilines is 1. The Morgan fingerprint density at radius 2 is 1.63 bits per heavy atom. The maximum Gasteiger partial charge on any atom is 0.351 e. The van der Waals surface area contributed by atoms with E-state index in [1.807, 2.05) is 20.8 Å². The first kappa shape index (κ1) is 38.0. The van der Waals surface area contributed by atoms with E-state index in [9.17, 15) is 14.9 Å². The SMILES string of the molecule is CC(C)(C)[C@H](OCc1cn([C@H]2C[C@H](O[Si](C)(C)C(C)(C)C)[C@@H](CO[Si](C)(C)C(C)(C)C)O2)c(=O)nc1N)c1ccccc1[N+](=O)[O-]. The Kier molecular flexibility index (Phi) is 11.2. The zero-order valence-electron chi connectivity index (χ0n) is 30.1. The van der Waals surface area contributed by atoms with E-state index in [1.54, 1.807) is 24.4 Å². The third-order valence-electron chi connectivity index (χ3n) is 9.83. The van der Waals surface area contributed by atoms with Crippen molar-refractivity contribution in [3.63, 3.8) is 0 Å². The average molecular weight is 677 g/mol. The molecule has 2 N–H and O–H groups in total. The minimum Gasteiger partial charge on any atom is -0.414 e. The lowest BCUT2D eigenvalue weighted by molar-refractivity contribution is -0.386. The van der Waals surface area contributed by atoms with Crippen LogP contribution in [0.1, 0.15) is 92.2 Å². The molecule has 1 aliphatic rings. The molecule has 0 amide bonds. The summed E-state index contributed by atoms with van der Waals surface area (Å²) in [5.74, 6) is 0.0429. The molecule has 0 saturated carbocycles. The molecule has 1 saturated heterocycles. The van der Waals surface area contributed by atoms with Crippen molar-refractivity contribution in [2.75, 3.05) is 12.3 Å². The van der Waals surface area contributed by atoms with Crippen molar-refractivity contribution in [1.82, 2.24) is 9.55 Å². The highest BCUT2D eigenvalue weighted by atomic mass is 28.4. The zero-order valence-corrected chi connectivity index (χ0v) is 32.1. The van der Waals surface area contributed by atoms with Crippen molar-refractivity contribution in [1.29, 1.82) is 0 Å². The average Bonchev–Trinajstić information content (AvgIpc) is 3.28. The van der Waals surface area contributed by atoms with Gasteiger partial charge in [0.1, 0.15) is 18.1 Å². The van der Waals surface area contributed by atoms with Gasteiger partial charge in [-0.15, -0.1) is 0 Å². The number of aromatic nitrogens is 2. The van der Waals surface area contributed by atoms with E-state index in [-0.39, 0.29) is 40.4 Å². The minimum atomic E-state index is -2.19. The number of hydrogen-bond donors (Lipinski definition) is 1. The second-order valence-corrected chi connectivity index (χ2v) is 26.1. The van der Waals surface area contributed by atoms with Gasteiger partial charge in [-0.2, -0.15) is 4.98 Å². The molecule has 258 valence electrons. The van der Waals surface area contributed by atoms with Gasteiger partial charge in [0.05, 0.1) is 35.9 Å². The number of nitro groups is 1. The molecular formula is C33H56N4O7Si2. The molecule has 11 nitrogen and oxygen atoms in total. The molecule has 0 spiro atoms. The maximum absolute atomic E-state index is 13.2. The highest BCUT2D eigenvalue weighted by molar-refractivity contribution is 6.74. The van der Waals surface area contributed by atoms with Gasteiger partial charge in [-0.25, -0.2) is 4.79 Å². The van der Waals surface area contributed by atoms with Crippen LogP contribution in [-0.4, -0.2) is 49.9 Å². The monoisotopic (exact) mass is 676 g/mol. The molecular weight excluding hydrogens is 621 g/mol. The largest absolute Gasteiger partial charge is 0.414 e. The lowest BCUT2D eigenvalue weighted by atomic mass is 9.84. The third-order valence-corrected chi connectivity index (χ3v) is 18.8. The molecule has 1 aromatic carbocycles. The molecule has 2 heterocycles. The van der Waals surface area contributed by atoms with Gasteiger partial charge in [0.25, 0.3) is 5.69 Å². The first-order chi connectivity index (χ1) is 20.9. The van der Waals surface area contributed by atoms with Gasteiger partial charge in [-0.1, -0.05) is 74.4 Å². The smallest absolute Gasteiger partial charge is 0.351 e. The number of rotatable bonds is 11. The topological polar surface area (TPSA) is 141 Å². The van der Waals surface area contributed by atoms with Crippen LogP contribution < -0.4 is 11.4 Å². The van der Waals surface area contributed by atoms with Crippen LogP contribution in [0.5, 0.6) is 0 Å². The minimum absolute atomic E-state index is 0.0123. The summed E-state index contributed by atoms with van der Waals surface area (Å²) in [6.07, 6.45) is 0.163. The number of nitrogens with zero attached hydrogens (tertiary/aromatic N) is 3. The first-order valence-corrected chi connectivity index (χ1v) is 21.9. The summed E-state index contributed by atoms with van der Waals surface area (Å²) >= 11 is 0. The third kappa shape index (κ3) is 8.72. The standard InChI is InChI=1S/C33H56N4O7Si2/c1-31(2,3)28(23-16-14-15-17-24(23)37(39)40)41-20-22-19-36(30(38)35-29(22)34)27-18-25(44-46(12,13)33(7,8)9)26(43-27)21-42-45(10,11)32(4,5)6/h14-17,19,25-28H,18,20-21H2,1-13H3,(H2,34,35,38)/t25-,26+,27+,28+/m0/s1. The van der Waals surface area contributed by atoms with E-state index in [2.05, 4.69) is 72.7 Å². The van der Waals surface area contributed by atoms with Crippen LogP contribution in [0.3, 0.4) is 0 Å². The van der Waals surface area contributed by atoms with Gasteiger partial charge >= 0.3 is 5.69 Å². The number of nitrogens with two attached hydrogens (primary N) is 1. The summed E-state index contributed by atoms with van der Waals surface area (Å²) in [6, 6.07) is 6.56. The summed E-state index contributed by atoms with van der Waals surface area (Å²) in [5, 5.41) is 11.8. The molecule has 0 unspecified atom stereocenters. The van der Waals surface area contributed by atoms with Crippen LogP contribution in [0.2, 0.25) is 36.3 Å². The van der Waals surface area contributed by atoms with Crippen molar-refractivity contribution in [3.8, 4) is 0 Å². The fourth-order valence-corrected chi connectivity index (χ4v) is 7.27. The van der Waals surface area contributed by atoms with Crippen LogP contribution in [0, 0.1) is 15.5 Å². The van der Waals surface area contributed by atoms with E-state index in [0.717, 1.165) is 0 Å². The van der Waals surface area contributed by atoms with Gasteiger partial charge in [0, 0.05) is 24.2 Å². The first-order valence-electron chi connectivity index (χ1n) is 16.1. The van der Waals surface area contributed by atoms with Gasteiger partial charge in [-0.3, -0.25) is 14.7 Å². The Labute approximate surface area is 276 Å². The number of benzene rings is 1. The van der Waals surface area contributed by atoms with Crippen LogP contribution in [0.25, 0.3) is 0 Å². The summed E-state index contributed by atoms with van der Waals surface area (Å²) in [5.41, 5.74) is 6.15. The van der Waals surface area contributed by atoms with Gasteiger partial charge in [0.15, 0.2) is 16.6 Å². The zero-order chi connectivity index (χ0) is 35.0. The molecule has 0 aliphatic carbocycles. The molecule has 13 heteroatoms. The lowest BCUT2D eigenvalue weighted by Gasteiger charge is -2.40. The molecule has 46 heavy (non-hydrogen) atoms. The van der Waals surface area contributed by atoms with Gasteiger partial charge in [-0.05, 0) is 47.7 Å². The Morgan fingerprint density at radius 3 is 2.17 bits per heavy atom. The van der Waals surface area contributed by atoms with Crippen LogP contribution in [0.15, 0.2) is 35.3 Å². The number of ether oxygens (including phenoxy) is 2. The van der Waals surface area contributed by atoms with Crippen molar-refractivity contribution < 1.29 is 23.2 Å². The number of nitrogen functional groups attached to an aromatic ring is 1. The van der Waals surface area contributed by atoms with E-state index in [4.69, 9.17) is 24.1 Å². The summed E-state index contributed by atoms with van der Waals surface area (Å²) in [6.45, 7) is 28.2. The molecule has 4 atom stereocenters. The van der Waals surface area contributed by atoms with Crippen LogP contribution >= 0.6 is 0 Å². The van der Waals surface area contributed by atoms with Crippen LogP contribution in [-0.2, 0) is 24.9 Å². The molecule has 1 aliphatic heterocycles. The summed E-state index contributed by atoms with van der Waals surface area (Å²) in [7, 11) is -4.27. The van der Waals surface area contributed by atoms with Gasteiger partial charge < -0.3 is 24.1 Å². The fraction of sp³-hybridized carbons (Fsp3) is 0.697. The van der Waals surface area contributed by atoms with Crippen LogP contribution in [0.4, 0.5) is 11.5 Å². The van der Waals surface area contributed by atoms with Crippen molar-refractivity contribution in [3.05, 3.63) is 62.2 Å². The Bertz CT molecular complexity index is 1440. The Morgan fingerprint density at radius 1 is 1.04 bits per heavy atom. The molecule has 0 radical (unpaired) electrons. The summed E-state index contributed by atoms with van der Waals surface area (Å²) in [4.78, 5) is 28.8. The predicted octanol–water partition coefficient (Wildman–Crippen LogP) is 7.74. The molecule has 0 bridgehead atoms. The number of hydrogen-bond acceptors (Lipinski definition) is 9. The lowest BCUT2D eigenvalue weighted by Crippen LogP contribution is -2.48. The predicted molar refractivity (Wildman–Crippen MR) is 187 cm³/mol. The normalized spacial score (nSPS) is 20.6. The molecule has 1 aromatic heterocycles. The highest BCUT2D eigenvalue weighted by Gasteiger charge is 2.47. The maximum atomic E-state index is 13.2. The van der Waals surface area contributed by atoms with Crippen molar-refractivity contribution in [2.45, 2.75) is 136 Å². The van der Waals surface area contributed by atoms with Gasteiger partial charge in [0.2, 0.25) is 0 Å². The van der Waals surface area contributed by atoms with Crippen molar-refractivity contribution in [2.24, 2.45) is 5.41 Å². The number of para-hydroxylation sites is 1. The number of nitro benzene ring substituents is 1. The molecule has 2 aromatic rings. The molecule has 1 fully saturated rings. The quantitative estimate of drug-likeness (QED) is 0.144. The van der Waals surface area contributed by atoms with E-state index in [0.29, 0.717) is 24.2 Å². The Hall–Kier alpha value is -2.43.